The highest BCUT2D eigenvalue weighted by Gasteiger charge is 2.13. The Morgan fingerprint density at radius 3 is 2.52 bits per heavy atom. The molecule has 0 aliphatic heterocycles. The van der Waals surface area contributed by atoms with Gasteiger partial charge in [-0.05, 0) is 73.2 Å². The summed E-state index contributed by atoms with van der Waals surface area (Å²) in [7, 11) is 0. The van der Waals surface area contributed by atoms with Crippen molar-refractivity contribution in [3.8, 4) is 11.5 Å². The quantitative estimate of drug-likeness (QED) is 0.222. The minimum Gasteiger partial charge on any atom is -0.490 e. The third-order valence-corrected chi connectivity index (χ3v) is 4.51. The number of ether oxygens (including phenoxy) is 2. The minimum atomic E-state index is -0.636. The van der Waals surface area contributed by atoms with Crippen LogP contribution in [0, 0.1) is 5.82 Å². The molecule has 0 aliphatic rings. The summed E-state index contributed by atoms with van der Waals surface area (Å²) in [6.07, 6.45) is 1.45. The maximum absolute atomic E-state index is 13.0. The highest BCUT2D eigenvalue weighted by Crippen LogP contribution is 2.29. The lowest BCUT2D eigenvalue weighted by atomic mass is 10.2. The van der Waals surface area contributed by atoms with Crippen LogP contribution in [0.2, 0.25) is 0 Å². The number of nitrogens with one attached hydrogen (secondary N) is 1. The molecule has 0 radical (unpaired) electrons. The summed E-state index contributed by atoms with van der Waals surface area (Å²) in [6, 6.07) is 16.8. The zero-order chi connectivity index (χ0) is 22.2. The molecule has 0 bridgehead atoms. The molecule has 1 amide bonds. The fraction of sp³-hybridized carbons (Fsp3) is 0.0870. The number of rotatable bonds is 7. The zero-order valence-corrected chi connectivity index (χ0v) is 18.1. The summed E-state index contributed by atoms with van der Waals surface area (Å²) in [5, 5.41) is 3.96. The lowest BCUT2D eigenvalue weighted by molar-refractivity contribution is 0.0728. The summed E-state index contributed by atoms with van der Waals surface area (Å²) >= 11 is 3.31. The third kappa shape index (κ3) is 6.23. The third-order valence-electron chi connectivity index (χ3n) is 4.02. The van der Waals surface area contributed by atoms with Gasteiger partial charge in [0.15, 0.2) is 11.5 Å². The molecule has 0 fully saturated rings. The molecule has 0 heterocycles. The fourth-order valence-electron chi connectivity index (χ4n) is 2.56. The summed E-state index contributed by atoms with van der Waals surface area (Å²) in [4.78, 5) is 24.4. The Balaban J connectivity index is 1.70. The number of nitrogens with zero attached hydrogens (tertiary/aromatic N) is 1. The number of carbonyl (C=O) groups excluding carboxylic acids is 2. The van der Waals surface area contributed by atoms with E-state index in [1.165, 1.54) is 30.5 Å². The molecular formula is C23H18BrFN2O4. The molecule has 0 aliphatic carbocycles. The first-order chi connectivity index (χ1) is 15.0. The van der Waals surface area contributed by atoms with Crippen LogP contribution in [0.25, 0.3) is 0 Å². The molecule has 6 nitrogen and oxygen atoms in total. The van der Waals surface area contributed by atoms with Gasteiger partial charge in [0, 0.05) is 10.0 Å². The van der Waals surface area contributed by atoms with Gasteiger partial charge >= 0.3 is 5.97 Å². The SMILES string of the molecule is CCOc1cc(/C=N\NC(=O)c2cccc(Br)c2)ccc1OC(=O)c1ccc(F)cc1. The first kappa shape index (κ1) is 22.2. The standard InChI is InChI=1S/C23H18BrFN2O4/c1-2-30-21-12-15(14-26-27-22(28)17-4-3-5-18(24)13-17)6-11-20(21)31-23(29)16-7-9-19(25)10-8-16/h3-14H,2H2,1H3,(H,27,28)/b26-14-. The number of hydrazone groups is 1. The first-order valence-electron chi connectivity index (χ1n) is 9.30. The summed E-state index contributed by atoms with van der Waals surface area (Å²) in [5.41, 5.74) is 3.75. The van der Waals surface area contributed by atoms with Gasteiger partial charge in [0.1, 0.15) is 5.82 Å². The van der Waals surface area contributed by atoms with Crippen molar-refractivity contribution in [2.75, 3.05) is 6.61 Å². The van der Waals surface area contributed by atoms with Gasteiger partial charge < -0.3 is 9.47 Å². The maximum atomic E-state index is 13.0. The van der Waals surface area contributed by atoms with E-state index in [0.29, 0.717) is 23.5 Å². The number of carbonyl (C=O) groups is 2. The van der Waals surface area contributed by atoms with Crippen molar-refractivity contribution in [2.45, 2.75) is 6.92 Å². The van der Waals surface area contributed by atoms with Gasteiger partial charge in [0.25, 0.3) is 5.91 Å². The molecular weight excluding hydrogens is 467 g/mol. The van der Waals surface area contributed by atoms with E-state index in [0.717, 1.165) is 4.47 Å². The molecule has 0 saturated carbocycles. The van der Waals surface area contributed by atoms with E-state index >= 15 is 0 Å². The number of hydrogen-bond donors (Lipinski definition) is 1. The average molecular weight is 485 g/mol. The Hall–Kier alpha value is -3.52. The molecule has 158 valence electrons. The normalized spacial score (nSPS) is 10.7. The fourth-order valence-corrected chi connectivity index (χ4v) is 2.96. The molecule has 0 aromatic heterocycles. The van der Waals surface area contributed by atoms with Gasteiger partial charge in [0.2, 0.25) is 0 Å². The monoisotopic (exact) mass is 484 g/mol. The molecule has 0 saturated heterocycles. The van der Waals surface area contributed by atoms with E-state index in [2.05, 4.69) is 26.5 Å². The van der Waals surface area contributed by atoms with Gasteiger partial charge in [-0.15, -0.1) is 0 Å². The molecule has 1 N–H and O–H groups in total. The van der Waals surface area contributed by atoms with Gasteiger partial charge in [-0.25, -0.2) is 14.6 Å². The lowest BCUT2D eigenvalue weighted by Crippen LogP contribution is -2.17. The Kier molecular flexibility index (Phi) is 7.50. The van der Waals surface area contributed by atoms with Crippen molar-refractivity contribution < 1.29 is 23.5 Å². The number of amides is 1. The second kappa shape index (κ2) is 10.5. The van der Waals surface area contributed by atoms with E-state index in [1.807, 2.05) is 6.07 Å². The highest BCUT2D eigenvalue weighted by molar-refractivity contribution is 9.10. The Morgan fingerprint density at radius 2 is 1.81 bits per heavy atom. The van der Waals surface area contributed by atoms with Crippen LogP contribution in [0.4, 0.5) is 4.39 Å². The molecule has 0 spiro atoms. The minimum absolute atomic E-state index is 0.213. The summed E-state index contributed by atoms with van der Waals surface area (Å²) in [6.45, 7) is 2.14. The van der Waals surface area contributed by atoms with Crippen LogP contribution in [0.3, 0.4) is 0 Å². The van der Waals surface area contributed by atoms with Crippen molar-refractivity contribution in [3.63, 3.8) is 0 Å². The van der Waals surface area contributed by atoms with E-state index in [9.17, 15) is 14.0 Å². The molecule has 3 aromatic carbocycles. The number of esters is 1. The largest absolute Gasteiger partial charge is 0.490 e. The van der Waals surface area contributed by atoms with Crippen molar-refractivity contribution in [3.05, 3.63) is 93.7 Å². The first-order valence-corrected chi connectivity index (χ1v) is 10.1. The zero-order valence-electron chi connectivity index (χ0n) is 16.5. The van der Waals surface area contributed by atoms with Crippen LogP contribution in [0.15, 0.2) is 76.3 Å². The van der Waals surface area contributed by atoms with Crippen LogP contribution in [-0.2, 0) is 0 Å². The van der Waals surface area contributed by atoms with Crippen LogP contribution >= 0.6 is 15.9 Å². The van der Waals surface area contributed by atoms with Crippen molar-refractivity contribution in [1.82, 2.24) is 5.43 Å². The number of halogens is 2. The number of hydrogen-bond acceptors (Lipinski definition) is 5. The summed E-state index contributed by atoms with van der Waals surface area (Å²) in [5.74, 6) is -0.884. The second-order valence-electron chi connectivity index (χ2n) is 6.25. The van der Waals surface area contributed by atoms with Crippen molar-refractivity contribution >= 4 is 34.0 Å². The highest BCUT2D eigenvalue weighted by atomic mass is 79.9. The predicted octanol–water partition coefficient (Wildman–Crippen LogP) is 4.97. The van der Waals surface area contributed by atoms with E-state index in [4.69, 9.17) is 9.47 Å². The Morgan fingerprint density at radius 1 is 1.03 bits per heavy atom. The van der Waals surface area contributed by atoms with Crippen LogP contribution in [0.1, 0.15) is 33.2 Å². The molecule has 3 aromatic rings. The summed E-state index contributed by atoms with van der Waals surface area (Å²) < 4.78 is 24.8. The van der Waals surface area contributed by atoms with Crippen molar-refractivity contribution in [1.29, 1.82) is 0 Å². The topological polar surface area (TPSA) is 77.0 Å². The Bertz CT molecular complexity index is 1120. The van der Waals surface area contributed by atoms with Gasteiger partial charge in [-0.1, -0.05) is 22.0 Å². The molecule has 8 heteroatoms. The van der Waals surface area contributed by atoms with E-state index in [-0.39, 0.29) is 17.2 Å². The lowest BCUT2D eigenvalue weighted by Gasteiger charge is -2.11. The van der Waals surface area contributed by atoms with Crippen LogP contribution in [0.5, 0.6) is 11.5 Å². The molecule has 0 atom stereocenters. The smallest absolute Gasteiger partial charge is 0.343 e. The molecule has 0 unspecified atom stereocenters. The average Bonchev–Trinajstić information content (AvgIpc) is 2.76. The second-order valence-corrected chi connectivity index (χ2v) is 7.16. The van der Waals surface area contributed by atoms with E-state index < -0.39 is 11.8 Å². The molecule has 31 heavy (non-hydrogen) atoms. The van der Waals surface area contributed by atoms with Crippen LogP contribution in [-0.4, -0.2) is 24.7 Å². The predicted molar refractivity (Wildman–Crippen MR) is 118 cm³/mol. The molecule has 3 rings (SSSR count). The van der Waals surface area contributed by atoms with Gasteiger partial charge in [0.05, 0.1) is 18.4 Å². The van der Waals surface area contributed by atoms with Gasteiger partial charge in [-0.3, -0.25) is 4.79 Å². The maximum Gasteiger partial charge on any atom is 0.343 e. The van der Waals surface area contributed by atoms with Crippen molar-refractivity contribution in [2.24, 2.45) is 5.10 Å². The van der Waals surface area contributed by atoms with Crippen LogP contribution < -0.4 is 14.9 Å². The number of benzene rings is 3. The Labute approximate surface area is 186 Å². The van der Waals surface area contributed by atoms with E-state index in [1.54, 1.807) is 43.3 Å². The van der Waals surface area contributed by atoms with Gasteiger partial charge in [-0.2, -0.15) is 5.10 Å².